The highest BCUT2D eigenvalue weighted by molar-refractivity contribution is 5.67. The van der Waals surface area contributed by atoms with Gasteiger partial charge in [0.1, 0.15) is 6.61 Å². The maximum absolute atomic E-state index is 12.0. The maximum atomic E-state index is 12.0. The minimum atomic E-state index is -0.184. The standard InChI is InChI=1S/C15H20N2O2/c18-15(19-11-12-4-2-1-3-5-12)17-9-8-16-14(10-17)13-6-7-13/h1-5,13-14,16H,6-11H2/t14-/m0/s1. The van der Waals surface area contributed by atoms with Crippen molar-refractivity contribution in [2.24, 2.45) is 5.92 Å². The Morgan fingerprint density at radius 2 is 2.11 bits per heavy atom. The Kier molecular flexibility index (Phi) is 3.69. The number of carbonyl (C=O) groups is 1. The molecule has 1 amide bonds. The van der Waals surface area contributed by atoms with E-state index in [0.29, 0.717) is 12.6 Å². The van der Waals surface area contributed by atoms with Crippen LogP contribution in [0.15, 0.2) is 30.3 Å². The van der Waals surface area contributed by atoms with Gasteiger partial charge in [0.05, 0.1) is 0 Å². The number of rotatable bonds is 3. The van der Waals surface area contributed by atoms with Gasteiger partial charge in [-0.15, -0.1) is 0 Å². The van der Waals surface area contributed by atoms with Gasteiger partial charge in [0.25, 0.3) is 0 Å². The highest BCUT2D eigenvalue weighted by Crippen LogP contribution is 2.33. The molecule has 1 heterocycles. The quantitative estimate of drug-likeness (QED) is 0.904. The molecule has 0 unspecified atom stereocenters. The summed E-state index contributed by atoms with van der Waals surface area (Å²) >= 11 is 0. The van der Waals surface area contributed by atoms with Crippen LogP contribution in [0.4, 0.5) is 4.79 Å². The zero-order chi connectivity index (χ0) is 13.1. The summed E-state index contributed by atoms with van der Waals surface area (Å²) < 4.78 is 5.38. The summed E-state index contributed by atoms with van der Waals surface area (Å²) in [4.78, 5) is 13.9. The first-order chi connectivity index (χ1) is 9.33. The van der Waals surface area contributed by atoms with Crippen LogP contribution in [0.25, 0.3) is 0 Å². The van der Waals surface area contributed by atoms with E-state index in [1.165, 1.54) is 12.8 Å². The van der Waals surface area contributed by atoms with Gasteiger partial charge in [-0.2, -0.15) is 0 Å². The summed E-state index contributed by atoms with van der Waals surface area (Å²) in [5, 5.41) is 3.49. The highest BCUT2D eigenvalue weighted by atomic mass is 16.6. The van der Waals surface area contributed by atoms with Crippen molar-refractivity contribution >= 4 is 6.09 Å². The van der Waals surface area contributed by atoms with E-state index in [-0.39, 0.29) is 6.09 Å². The first kappa shape index (κ1) is 12.5. The van der Waals surface area contributed by atoms with Crippen molar-refractivity contribution in [2.75, 3.05) is 19.6 Å². The molecule has 3 rings (SSSR count). The molecule has 102 valence electrons. The normalized spacial score (nSPS) is 23.2. The van der Waals surface area contributed by atoms with E-state index in [0.717, 1.165) is 31.1 Å². The van der Waals surface area contributed by atoms with Gasteiger partial charge >= 0.3 is 6.09 Å². The Morgan fingerprint density at radius 3 is 2.84 bits per heavy atom. The lowest BCUT2D eigenvalue weighted by Crippen LogP contribution is -2.53. The van der Waals surface area contributed by atoms with Crippen molar-refractivity contribution in [1.29, 1.82) is 0 Å². The lowest BCUT2D eigenvalue weighted by Gasteiger charge is -2.33. The maximum Gasteiger partial charge on any atom is 0.410 e. The molecule has 1 N–H and O–H groups in total. The molecule has 2 fully saturated rings. The van der Waals surface area contributed by atoms with E-state index in [1.807, 2.05) is 35.2 Å². The molecule has 1 atom stereocenters. The molecule has 19 heavy (non-hydrogen) atoms. The van der Waals surface area contributed by atoms with E-state index in [4.69, 9.17) is 4.74 Å². The third-order valence-electron chi connectivity index (χ3n) is 3.86. The Hall–Kier alpha value is -1.55. The molecule has 0 spiro atoms. The lowest BCUT2D eigenvalue weighted by molar-refractivity contribution is 0.0832. The number of amides is 1. The van der Waals surface area contributed by atoms with E-state index in [2.05, 4.69) is 5.32 Å². The van der Waals surface area contributed by atoms with E-state index in [1.54, 1.807) is 0 Å². The summed E-state index contributed by atoms with van der Waals surface area (Å²) in [6.07, 6.45) is 2.41. The van der Waals surface area contributed by atoms with Crippen LogP contribution in [0, 0.1) is 5.92 Å². The second kappa shape index (κ2) is 5.61. The van der Waals surface area contributed by atoms with Crippen LogP contribution >= 0.6 is 0 Å². The predicted molar refractivity (Wildman–Crippen MR) is 72.7 cm³/mol. The molecule has 0 radical (unpaired) electrons. The fourth-order valence-corrected chi connectivity index (χ4v) is 2.57. The first-order valence-electron chi connectivity index (χ1n) is 7.02. The third-order valence-corrected chi connectivity index (χ3v) is 3.86. The zero-order valence-corrected chi connectivity index (χ0v) is 11.0. The summed E-state index contributed by atoms with van der Waals surface area (Å²) in [6, 6.07) is 10.3. The Morgan fingerprint density at radius 1 is 1.32 bits per heavy atom. The van der Waals surface area contributed by atoms with Crippen LogP contribution in [0.3, 0.4) is 0 Å². The van der Waals surface area contributed by atoms with Crippen molar-refractivity contribution < 1.29 is 9.53 Å². The molecule has 1 aromatic rings. The molecular formula is C15H20N2O2. The van der Waals surface area contributed by atoms with Gasteiger partial charge in [0.2, 0.25) is 0 Å². The number of nitrogens with one attached hydrogen (secondary N) is 1. The van der Waals surface area contributed by atoms with E-state index < -0.39 is 0 Å². The minimum Gasteiger partial charge on any atom is -0.445 e. The summed E-state index contributed by atoms with van der Waals surface area (Å²) in [7, 11) is 0. The van der Waals surface area contributed by atoms with Crippen molar-refractivity contribution in [3.05, 3.63) is 35.9 Å². The highest BCUT2D eigenvalue weighted by Gasteiger charge is 2.35. The van der Waals surface area contributed by atoms with Gasteiger partial charge in [-0.05, 0) is 24.3 Å². The van der Waals surface area contributed by atoms with Crippen LogP contribution in [0.2, 0.25) is 0 Å². The molecular weight excluding hydrogens is 240 g/mol. The third kappa shape index (κ3) is 3.26. The van der Waals surface area contributed by atoms with Crippen molar-refractivity contribution in [3.63, 3.8) is 0 Å². The monoisotopic (exact) mass is 260 g/mol. The van der Waals surface area contributed by atoms with E-state index in [9.17, 15) is 4.79 Å². The topological polar surface area (TPSA) is 41.6 Å². The number of hydrogen-bond donors (Lipinski definition) is 1. The Bertz CT molecular complexity index is 431. The SMILES string of the molecule is O=C(OCc1ccccc1)N1CCN[C@H](C2CC2)C1. The van der Waals surface area contributed by atoms with Crippen molar-refractivity contribution in [2.45, 2.75) is 25.5 Å². The average Bonchev–Trinajstić information content (AvgIpc) is 3.31. The summed E-state index contributed by atoms with van der Waals surface area (Å²) in [5.74, 6) is 0.768. The number of benzene rings is 1. The molecule has 1 aliphatic carbocycles. The van der Waals surface area contributed by atoms with Gasteiger partial charge in [0, 0.05) is 25.7 Å². The molecule has 0 aromatic heterocycles. The van der Waals surface area contributed by atoms with Crippen LogP contribution in [0.1, 0.15) is 18.4 Å². The number of piperazine rings is 1. The largest absolute Gasteiger partial charge is 0.445 e. The van der Waals surface area contributed by atoms with Crippen molar-refractivity contribution in [1.82, 2.24) is 10.2 Å². The number of carbonyl (C=O) groups excluding carboxylic acids is 1. The van der Waals surface area contributed by atoms with Gasteiger partial charge in [-0.25, -0.2) is 4.79 Å². The van der Waals surface area contributed by atoms with E-state index >= 15 is 0 Å². The predicted octanol–water partition coefficient (Wildman–Crippen LogP) is 2.01. The Balaban J connectivity index is 1.49. The lowest BCUT2D eigenvalue weighted by atomic mass is 10.1. The van der Waals surface area contributed by atoms with Crippen LogP contribution in [-0.2, 0) is 11.3 Å². The molecule has 1 aliphatic heterocycles. The molecule has 1 saturated heterocycles. The van der Waals surface area contributed by atoms with Crippen molar-refractivity contribution in [3.8, 4) is 0 Å². The smallest absolute Gasteiger partial charge is 0.410 e. The average molecular weight is 260 g/mol. The fourth-order valence-electron chi connectivity index (χ4n) is 2.57. The van der Waals surface area contributed by atoms with Crippen LogP contribution < -0.4 is 5.32 Å². The van der Waals surface area contributed by atoms with Crippen LogP contribution in [-0.4, -0.2) is 36.7 Å². The molecule has 0 bridgehead atoms. The molecule has 4 nitrogen and oxygen atoms in total. The van der Waals surface area contributed by atoms with Gasteiger partial charge in [0.15, 0.2) is 0 Å². The Labute approximate surface area is 113 Å². The van der Waals surface area contributed by atoms with Crippen LogP contribution in [0.5, 0.6) is 0 Å². The molecule has 1 aromatic carbocycles. The van der Waals surface area contributed by atoms with Gasteiger partial charge in [-0.1, -0.05) is 30.3 Å². The molecule has 1 saturated carbocycles. The minimum absolute atomic E-state index is 0.184. The second-order valence-electron chi connectivity index (χ2n) is 5.38. The summed E-state index contributed by atoms with van der Waals surface area (Å²) in [5.41, 5.74) is 1.03. The number of hydrogen-bond acceptors (Lipinski definition) is 3. The fraction of sp³-hybridized carbons (Fsp3) is 0.533. The zero-order valence-electron chi connectivity index (χ0n) is 11.0. The number of ether oxygens (including phenoxy) is 1. The van der Waals surface area contributed by atoms with Gasteiger partial charge in [-0.3, -0.25) is 0 Å². The molecule has 4 heteroatoms. The molecule has 2 aliphatic rings. The van der Waals surface area contributed by atoms with Gasteiger partial charge < -0.3 is 15.0 Å². The summed E-state index contributed by atoms with van der Waals surface area (Å²) in [6.45, 7) is 2.77. The number of nitrogens with zero attached hydrogens (tertiary/aromatic N) is 1. The second-order valence-corrected chi connectivity index (χ2v) is 5.38. The first-order valence-corrected chi connectivity index (χ1v) is 7.02.